The molecule has 0 atom stereocenters. The average Bonchev–Trinajstić information content (AvgIpc) is 3.42. The van der Waals surface area contributed by atoms with Crippen LogP contribution >= 0.6 is 0 Å². The van der Waals surface area contributed by atoms with E-state index in [0.717, 1.165) is 94.8 Å². The van der Waals surface area contributed by atoms with E-state index in [1.54, 1.807) is 0 Å². The number of hydrogen-bond acceptors (Lipinski definition) is 4. The van der Waals surface area contributed by atoms with Crippen molar-refractivity contribution >= 4 is 0 Å². The summed E-state index contributed by atoms with van der Waals surface area (Å²) < 4.78 is 0. The third kappa shape index (κ3) is 8.59. The normalized spacial score (nSPS) is 11.0. The molecule has 66 heavy (non-hydrogen) atoms. The predicted molar refractivity (Wildman–Crippen MR) is 272 cm³/mol. The summed E-state index contributed by atoms with van der Waals surface area (Å²) in [4.78, 5) is 20.5. The third-order valence-corrected chi connectivity index (χ3v) is 11.9. The quantitative estimate of drug-likeness (QED) is 0.138. The molecule has 0 amide bonds. The van der Waals surface area contributed by atoms with Crippen LogP contribution in [0.25, 0.3) is 112 Å². The second kappa shape index (κ2) is 18.1. The first-order valence-corrected chi connectivity index (χ1v) is 22.2. The van der Waals surface area contributed by atoms with E-state index in [9.17, 15) is 0 Å². The Labute approximate surface area is 385 Å². The van der Waals surface area contributed by atoms with Crippen LogP contribution in [-0.2, 0) is 0 Å². The van der Waals surface area contributed by atoms with Crippen LogP contribution in [0.3, 0.4) is 0 Å². The minimum absolute atomic E-state index is 0.615. The van der Waals surface area contributed by atoms with Crippen LogP contribution in [0.5, 0.6) is 0 Å². The molecule has 0 radical (unpaired) electrons. The first-order valence-electron chi connectivity index (χ1n) is 22.2. The van der Waals surface area contributed by atoms with Crippen molar-refractivity contribution < 1.29 is 0 Å². The summed E-state index contributed by atoms with van der Waals surface area (Å²) >= 11 is 0. The van der Waals surface area contributed by atoms with Crippen LogP contribution in [0.1, 0.15) is 0 Å². The molecule has 310 valence electrons. The van der Waals surface area contributed by atoms with Gasteiger partial charge in [-0.3, -0.25) is 0 Å². The number of aromatic nitrogens is 4. The van der Waals surface area contributed by atoms with Crippen molar-refractivity contribution in [3.8, 4) is 112 Å². The van der Waals surface area contributed by atoms with Crippen molar-refractivity contribution in [1.29, 1.82) is 0 Å². The number of hydrogen-bond donors (Lipinski definition) is 0. The lowest BCUT2D eigenvalue weighted by atomic mass is 9.92. The molecular weight excluding hydrogens is 801 g/mol. The van der Waals surface area contributed by atoms with E-state index in [1.807, 2.05) is 72.8 Å². The van der Waals surface area contributed by atoms with Gasteiger partial charge in [0.05, 0.1) is 11.4 Å². The first kappa shape index (κ1) is 40.0. The van der Waals surface area contributed by atoms with Gasteiger partial charge in [0.2, 0.25) is 0 Å². The van der Waals surface area contributed by atoms with Gasteiger partial charge in [0.1, 0.15) is 0 Å². The molecule has 2 aromatic heterocycles. The van der Waals surface area contributed by atoms with Gasteiger partial charge in [-0.15, -0.1) is 0 Å². The molecule has 0 aliphatic carbocycles. The number of pyridine rings is 1. The maximum Gasteiger partial charge on any atom is 0.164 e. The van der Waals surface area contributed by atoms with E-state index < -0.39 is 0 Å². The Balaban J connectivity index is 1.03. The summed E-state index contributed by atoms with van der Waals surface area (Å²) in [6, 6.07) is 89.1. The molecule has 0 unspecified atom stereocenters. The van der Waals surface area contributed by atoms with Crippen LogP contribution in [-0.4, -0.2) is 19.9 Å². The fraction of sp³-hybridized carbons (Fsp3) is 0. The van der Waals surface area contributed by atoms with Gasteiger partial charge >= 0.3 is 0 Å². The fourth-order valence-electron chi connectivity index (χ4n) is 8.49. The average molecular weight is 843 g/mol. The standard InChI is InChI=1S/C62H42N4/c1-7-19-43(20-8-1)51-35-52(38-56(37-51)59-42-55(45-23-11-3-12-24-45)41-58(63-59)48-25-13-4-14-26-48)46-31-33-47(34-32-46)54-36-53(44-21-9-2-10-22-44)39-57(40-54)62-65-60(49-27-15-5-16-28-49)64-61(66-62)50-29-17-6-18-30-50/h1-42H. The van der Waals surface area contributed by atoms with Crippen LogP contribution in [0.4, 0.5) is 0 Å². The van der Waals surface area contributed by atoms with Gasteiger partial charge in [0.15, 0.2) is 17.5 Å². The molecule has 0 N–H and O–H groups in total. The zero-order chi connectivity index (χ0) is 44.1. The van der Waals surface area contributed by atoms with Crippen molar-refractivity contribution in [2.24, 2.45) is 0 Å². The lowest BCUT2D eigenvalue weighted by molar-refractivity contribution is 1.07. The van der Waals surface area contributed by atoms with Crippen LogP contribution in [0.15, 0.2) is 255 Å². The molecule has 0 aliphatic rings. The molecule has 0 saturated carbocycles. The van der Waals surface area contributed by atoms with Crippen molar-refractivity contribution in [2.45, 2.75) is 0 Å². The lowest BCUT2D eigenvalue weighted by Crippen LogP contribution is -2.00. The van der Waals surface area contributed by atoms with Gasteiger partial charge in [-0.05, 0) is 104 Å². The van der Waals surface area contributed by atoms with Crippen LogP contribution < -0.4 is 0 Å². The number of nitrogens with zero attached hydrogens (tertiary/aromatic N) is 4. The highest BCUT2D eigenvalue weighted by molar-refractivity contribution is 5.85. The highest BCUT2D eigenvalue weighted by atomic mass is 15.0. The van der Waals surface area contributed by atoms with Gasteiger partial charge in [0, 0.05) is 27.8 Å². The summed E-state index contributed by atoms with van der Waals surface area (Å²) in [5.74, 6) is 1.88. The second-order valence-corrected chi connectivity index (χ2v) is 16.3. The zero-order valence-corrected chi connectivity index (χ0v) is 36.0. The molecule has 0 spiro atoms. The van der Waals surface area contributed by atoms with Crippen LogP contribution in [0, 0.1) is 0 Å². The Kier molecular flexibility index (Phi) is 10.9. The molecule has 0 saturated heterocycles. The minimum atomic E-state index is 0.615. The van der Waals surface area contributed by atoms with Gasteiger partial charge in [-0.1, -0.05) is 206 Å². The monoisotopic (exact) mass is 842 g/mol. The minimum Gasteiger partial charge on any atom is -0.248 e. The molecule has 4 nitrogen and oxygen atoms in total. The first-order chi connectivity index (χ1) is 32.7. The Bertz CT molecular complexity index is 3070. The van der Waals surface area contributed by atoms with Crippen molar-refractivity contribution in [3.63, 3.8) is 0 Å². The van der Waals surface area contributed by atoms with Gasteiger partial charge in [-0.2, -0.15) is 0 Å². The van der Waals surface area contributed by atoms with E-state index in [4.69, 9.17) is 19.9 Å². The molecule has 0 bridgehead atoms. The van der Waals surface area contributed by atoms with E-state index >= 15 is 0 Å². The Morgan fingerprint density at radius 1 is 0.152 bits per heavy atom. The molecule has 11 rings (SSSR count). The number of rotatable bonds is 10. The summed E-state index contributed by atoms with van der Waals surface area (Å²) in [5, 5.41) is 0. The topological polar surface area (TPSA) is 51.6 Å². The summed E-state index contributed by atoms with van der Waals surface area (Å²) in [6.07, 6.45) is 0. The third-order valence-electron chi connectivity index (χ3n) is 11.9. The second-order valence-electron chi connectivity index (χ2n) is 16.3. The van der Waals surface area contributed by atoms with Gasteiger partial charge in [-0.25, -0.2) is 19.9 Å². The molecular formula is C62H42N4. The Morgan fingerprint density at radius 3 is 0.758 bits per heavy atom. The van der Waals surface area contributed by atoms with E-state index in [-0.39, 0.29) is 0 Å². The van der Waals surface area contributed by atoms with Gasteiger partial charge < -0.3 is 0 Å². The van der Waals surface area contributed by atoms with E-state index in [2.05, 4.69) is 182 Å². The zero-order valence-electron chi connectivity index (χ0n) is 36.0. The lowest BCUT2D eigenvalue weighted by Gasteiger charge is -2.14. The molecule has 0 aliphatic heterocycles. The predicted octanol–water partition coefficient (Wildman–Crippen LogP) is 15.9. The van der Waals surface area contributed by atoms with Crippen molar-refractivity contribution in [3.05, 3.63) is 255 Å². The fourth-order valence-corrected chi connectivity index (χ4v) is 8.49. The molecule has 0 fully saturated rings. The smallest absolute Gasteiger partial charge is 0.164 e. The highest BCUT2D eigenvalue weighted by Crippen LogP contribution is 2.38. The highest BCUT2D eigenvalue weighted by Gasteiger charge is 2.16. The van der Waals surface area contributed by atoms with Gasteiger partial charge in [0.25, 0.3) is 0 Å². The summed E-state index contributed by atoms with van der Waals surface area (Å²) in [7, 11) is 0. The van der Waals surface area contributed by atoms with Crippen molar-refractivity contribution in [2.75, 3.05) is 0 Å². The summed E-state index contributed by atoms with van der Waals surface area (Å²) in [6.45, 7) is 0. The number of benzene rings is 9. The van der Waals surface area contributed by atoms with E-state index in [0.29, 0.717) is 17.5 Å². The molecule has 9 aromatic carbocycles. The summed E-state index contributed by atoms with van der Waals surface area (Å²) in [5.41, 5.74) is 17.9. The largest absolute Gasteiger partial charge is 0.248 e. The molecule has 11 aromatic rings. The Hall–Kier alpha value is -8.86. The maximum absolute atomic E-state index is 5.32. The van der Waals surface area contributed by atoms with E-state index in [1.165, 1.54) is 0 Å². The SMILES string of the molecule is c1ccc(-c2cc(-c3ccc(-c4cc(-c5ccccc5)cc(-c5nc(-c6ccccc6)nc(-c6ccccc6)n5)c4)cc3)cc(-c3cc(-c4ccccc4)cc(-c4ccccc4)n3)c2)cc1. The van der Waals surface area contributed by atoms with Crippen molar-refractivity contribution in [1.82, 2.24) is 19.9 Å². The maximum atomic E-state index is 5.32. The van der Waals surface area contributed by atoms with Crippen LogP contribution in [0.2, 0.25) is 0 Å². The molecule has 2 heterocycles. The molecule has 4 heteroatoms. The Morgan fingerprint density at radius 2 is 0.394 bits per heavy atom.